The van der Waals surface area contributed by atoms with Gasteiger partial charge < -0.3 is 14.8 Å². The van der Waals surface area contributed by atoms with Crippen LogP contribution in [0.3, 0.4) is 0 Å². The first-order chi connectivity index (χ1) is 10.5. The number of nitrogens with zero attached hydrogens (tertiary/aromatic N) is 1. The molecule has 7 heteroatoms. The van der Waals surface area contributed by atoms with Crippen molar-refractivity contribution in [2.45, 2.75) is 26.7 Å². The van der Waals surface area contributed by atoms with E-state index < -0.39 is 17.8 Å². The molecule has 0 bridgehead atoms. The van der Waals surface area contributed by atoms with E-state index in [9.17, 15) is 9.59 Å². The molecule has 0 aliphatic carbocycles. The zero-order chi connectivity index (χ0) is 16.1. The number of carbonyl (C=O) groups is 2. The first kappa shape index (κ1) is 15.8. The third-order valence-corrected chi connectivity index (χ3v) is 3.31. The van der Waals surface area contributed by atoms with Crippen LogP contribution in [0.5, 0.6) is 0 Å². The molecule has 0 saturated carbocycles. The van der Waals surface area contributed by atoms with Crippen LogP contribution >= 0.6 is 0 Å². The largest absolute Gasteiger partial charge is 0.481 e. The minimum atomic E-state index is -0.907. The van der Waals surface area contributed by atoms with E-state index in [2.05, 4.69) is 15.5 Å². The summed E-state index contributed by atoms with van der Waals surface area (Å²) in [6, 6.07) is 5.17. The van der Waals surface area contributed by atoms with Crippen LogP contribution in [0.1, 0.15) is 36.0 Å². The van der Waals surface area contributed by atoms with Gasteiger partial charge in [0, 0.05) is 12.6 Å². The van der Waals surface area contributed by atoms with E-state index in [4.69, 9.17) is 9.52 Å². The number of aromatic nitrogens is 2. The zero-order valence-corrected chi connectivity index (χ0v) is 12.5. The number of aromatic amines is 1. The van der Waals surface area contributed by atoms with E-state index in [1.54, 1.807) is 12.1 Å². The lowest BCUT2D eigenvalue weighted by Gasteiger charge is -2.11. The molecule has 22 heavy (non-hydrogen) atoms. The maximum absolute atomic E-state index is 12.0. The smallest absolute Gasteiger partial charge is 0.308 e. The predicted octanol–water partition coefficient (Wildman–Crippen LogP) is 2.21. The molecule has 1 unspecified atom stereocenters. The van der Waals surface area contributed by atoms with Crippen molar-refractivity contribution in [2.75, 3.05) is 6.54 Å². The van der Waals surface area contributed by atoms with E-state index in [1.807, 2.05) is 19.9 Å². The molecule has 1 amide bonds. The van der Waals surface area contributed by atoms with E-state index in [1.165, 1.54) is 0 Å². The molecule has 0 spiro atoms. The number of nitrogens with one attached hydrogen (secondary N) is 2. The molecule has 7 nitrogen and oxygen atoms in total. The topological polar surface area (TPSA) is 108 Å². The summed E-state index contributed by atoms with van der Waals surface area (Å²) >= 11 is 0. The highest BCUT2D eigenvalue weighted by atomic mass is 16.4. The van der Waals surface area contributed by atoms with Crippen molar-refractivity contribution in [1.82, 2.24) is 15.5 Å². The van der Waals surface area contributed by atoms with Crippen LogP contribution in [0.15, 0.2) is 22.6 Å². The molecule has 2 aromatic heterocycles. The molecule has 2 rings (SSSR count). The number of aryl methyl sites for hydroxylation is 1. The quantitative estimate of drug-likeness (QED) is 0.726. The number of hydrogen-bond acceptors (Lipinski definition) is 4. The van der Waals surface area contributed by atoms with Gasteiger partial charge in [-0.3, -0.25) is 14.7 Å². The summed E-state index contributed by atoms with van der Waals surface area (Å²) in [4.78, 5) is 23.1. The van der Waals surface area contributed by atoms with Gasteiger partial charge in [0.15, 0.2) is 11.5 Å². The molecule has 2 heterocycles. The maximum Gasteiger partial charge on any atom is 0.308 e. The van der Waals surface area contributed by atoms with Crippen molar-refractivity contribution < 1.29 is 19.1 Å². The molecule has 0 saturated heterocycles. The number of carboxylic acids is 1. The van der Waals surface area contributed by atoms with Crippen molar-refractivity contribution in [3.63, 3.8) is 0 Å². The molecule has 0 fully saturated rings. The number of rotatable bonds is 7. The predicted molar refractivity (Wildman–Crippen MR) is 79.4 cm³/mol. The van der Waals surface area contributed by atoms with E-state index in [0.717, 1.165) is 12.2 Å². The van der Waals surface area contributed by atoms with Gasteiger partial charge in [-0.2, -0.15) is 5.10 Å². The molecule has 0 aromatic carbocycles. The van der Waals surface area contributed by atoms with Gasteiger partial charge in [0.2, 0.25) is 0 Å². The third kappa shape index (κ3) is 3.75. The standard InChI is InChI=1S/C15H19N3O4/c1-3-4-10(15(20)21)8-16-14(19)12-7-11(17-18-12)13-6-5-9(2)22-13/h5-7,10H,3-4,8H2,1-2H3,(H,16,19)(H,17,18)(H,20,21). The average molecular weight is 305 g/mol. The Morgan fingerprint density at radius 1 is 1.45 bits per heavy atom. The molecule has 2 aromatic rings. The Hall–Kier alpha value is -2.57. The number of carboxylic acid groups (broad SMARTS) is 1. The number of hydrogen-bond donors (Lipinski definition) is 3. The summed E-state index contributed by atoms with van der Waals surface area (Å²) in [5, 5.41) is 18.3. The van der Waals surface area contributed by atoms with Gasteiger partial charge in [-0.25, -0.2) is 0 Å². The number of furan rings is 1. The molecule has 0 aliphatic heterocycles. The van der Waals surface area contributed by atoms with Crippen LogP contribution in [0.4, 0.5) is 0 Å². The van der Waals surface area contributed by atoms with Crippen molar-refractivity contribution in [1.29, 1.82) is 0 Å². The number of carbonyl (C=O) groups excluding carboxylic acids is 1. The van der Waals surface area contributed by atoms with Crippen LogP contribution < -0.4 is 5.32 Å². The highest BCUT2D eigenvalue weighted by Gasteiger charge is 2.19. The fraction of sp³-hybridized carbons (Fsp3) is 0.400. The van der Waals surface area contributed by atoms with Gasteiger partial charge in [0.05, 0.1) is 5.92 Å². The van der Waals surface area contributed by atoms with Crippen LogP contribution in [0.2, 0.25) is 0 Å². The Morgan fingerprint density at radius 2 is 2.23 bits per heavy atom. The molecule has 118 valence electrons. The lowest BCUT2D eigenvalue weighted by molar-refractivity contribution is -0.141. The highest BCUT2D eigenvalue weighted by Crippen LogP contribution is 2.20. The van der Waals surface area contributed by atoms with Crippen molar-refractivity contribution in [3.8, 4) is 11.5 Å². The van der Waals surface area contributed by atoms with Crippen LogP contribution in [-0.4, -0.2) is 33.7 Å². The first-order valence-electron chi connectivity index (χ1n) is 7.14. The van der Waals surface area contributed by atoms with E-state index >= 15 is 0 Å². The monoisotopic (exact) mass is 305 g/mol. The number of amides is 1. The molecular formula is C15H19N3O4. The second-order valence-corrected chi connectivity index (χ2v) is 5.11. The van der Waals surface area contributed by atoms with Crippen molar-refractivity contribution in [3.05, 3.63) is 29.7 Å². The maximum atomic E-state index is 12.0. The molecule has 0 radical (unpaired) electrons. The Kier molecular flexibility index (Phi) is 4.98. The summed E-state index contributed by atoms with van der Waals surface area (Å²) in [6.07, 6.45) is 1.27. The Balaban J connectivity index is 1.98. The summed E-state index contributed by atoms with van der Waals surface area (Å²) in [5.41, 5.74) is 0.797. The van der Waals surface area contributed by atoms with E-state index in [-0.39, 0.29) is 12.2 Å². The second kappa shape index (κ2) is 6.93. The average Bonchev–Trinajstić information content (AvgIpc) is 3.11. The minimum Gasteiger partial charge on any atom is -0.481 e. The van der Waals surface area contributed by atoms with Gasteiger partial charge in [-0.1, -0.05) is 13.3 Å². The minimum absolute atomic E-state index is 0.0874. The number of aliphatic carboxylic acids is 1. The van der Waals surface area contributed by atoms with Gasteiger partial charge in [-0.05, 0) is 25.5 Å². The fourth-order valence-corrected chi connectivity index (χ4v) is 2.11. The Morgan fingerprint density at radius 3 is 2.82 bits per heavy atom. The van der Waals surface area contributed by atoms with Crippen molar-refractivity contribution >= 4 is 11.9 Å². The highest BCUT2D eigenvalue weighted by molar-refractivity contribution is 5.93. The van der Waals surface area contributed by atoms with Gasteiger partial charge >= 0.3 is 5.97 Å². The summed E-state index contributed by atoms with van der Waals surface area (Å²) < 4.78 is 5.44. The van der Waals surface area contributed by atoms with Gasteiger partial charge in [-0.15, -0.1) is 0 Å². The molecule has 3 N–H and O–H groups in total. The van der Waals surface area contributed by atoms with Crippen LogP contribution in [0, 0.1) is 12.8 Å². The summed E-state index contributed by atoms with van der Waals surface area (Å²) in [5.74, 6) is -0.540. The third-order valence-electron chi connectivity index (χ3n) is 3.31. The summed E-state index contributed by atoms with van der Waals surface area (Å²) in [7, 11) is 0. The summed E-state index contributed by atoms with van der Waals surface area (Å²) in [6.45, 7) is 3.82. The molecule has 0 aliphatic rings. The molecular weight excluding hydrogens is 286 g/mol. The second-order valence-electron chi connectivity index (χ2n) is 5.11. The Labute approximate surface area is 127 Å². The Bertz CT molecular complexity index is 659. The SMILES string of the molecule is CCCC(CNC(=O)c1cc(-c2ccc(C)o2)[nH]n1)C(=O)O. The van der Waals surface area contributed by atoms with Crippen molar-refractivity contribution in [2.24, 2.45) is 5.92 Å². The number of H-pyrrole nitrogens is 1. The lowest BCUT2D eigenvalue weighted by Crippen LogP contribution is -2.33. The zero-order valence-electron chi connectivity index (χ0n) is 12.5. The molecule has 1 atom stereocenters. The van der Waals surface area contributed by atoms with Crippen LogP contribution in [-0.2, 0) is 4.79 Å². The van der Waals surface area contributed by atoms with Gasteiger partial charge in [0.1, 0.15) is 11.5 Å². The van der Waals surface area contributed by atoms with E-state index in [0.29, 0.717) is 17.9 Å². The fourth-order valence-electron chi connectivity index (χ4n) is 2.11. The lowest BCUT2D eigenvalue weighted by atomic mass is 10.0. The van der Waals surface area contributed by atoms with Crippen LogP contribution in [0.25, 0.3) is 11.5 Å². The normalized spacial score (nSPS) is 12.1. The van der Waals surface area contributed by atoms with Gasteiger partial charge in [0.25, 0.3) is 5.91 Å². The first-order valence-corrected chi connectivity index (χ1v) is 7.14.